The smallest absolute Gasteiger partial charge is 0.226 e. The monoisotopic (exact) mass is 189 g/mol. The highest BCUT2D eigenvalue weighted by molar-refractivity contribution is 5.86. The molecule has 1 amide bonds. The number of hydrogen-bond donors (Lipinski definition) is 1. The van der Waals surface area contributed by atoms with Crippen LogP contribution in [0.5, 0.6) is 0 Å². The molecule has 1 saturated heterocycles. The van der Waals surface area contributed by atoms with Crippen LogP contribution in [-0.4, -0.2) is 5.91 Å². The molecule has 1 aliphatic heterocycles. The van der Waals surface area contributed by atoms with E-state index in [4.69, 9.17) is 0 Å². The second-order valence-corrected chi connectivity index (χ2v) is 4.17. The van der Waals surface area contributed by atoms with Crippen LogP contribution in [0.15, 0.2) is 30.3 Å². The van der Waals surface area contributed by atoms with E-state index < -0.39 is 0 Å². The fourth-order valence-corrected chi connectivity index (χ4v) is 2.03. The molecule has 0 bridgehead atoms. The van der Waals surface area contributed by atoms with Gasteiger partial charge in [0.1, 0.15) is 0 Å². The number of amides is 1. The molecule has 1 aliphatic rings. The molecule has 14 heavy (non-hydrogen) atoms. The van der Waals surface area contributed by atoms with Crippen LogP contribution < -0.4 is 5.32 Å². The van der Waals surface area contributed by atoms with Crippen molar-refractivity contribution in [1.82, 2.24) is 5.32 Å². The Kier molecular flexibility index (Phi) is 2.28. The quantitative estimate of drug-likeness (QED) is 0.709. The summed E-state index contributed by atoms with van der Waals surface area (Å²) in [6.07, 6.45) is 0. The van der Waals surface area contributed by atoms with Crippen molar-refractivity contribution in [1.29, 1.82) is 0 Å². The summed E-state index contributed by atoms with van der Waals surface area (Å²) >= 11 is 0. The predicted octanol–water partition coefficient (Wildman–Crippen LogP) is 2.13. The predicted molar refractivity (Wildman–Crippen MR) is 55.7 cm³/mol. The highest BCUT2D eigenvalue weighted by Gasteiger charge is 2.41. The van der Waals surface area contributed by atoms with Crippen molar-refractivity contribution in [2.75, 3.05) is 0 Å². The second kappa shape index (κ2) is 3.45. The van der Waals surface area contributed by atoms with Crippen LogP contribution in [0, 0.1) is 11.8 Å². The molecule has 0 saturated carbocycles. The summed E-state index contributed by atoms with van der Waals surface area (Å²) in [5.41, 5.74) is 1.21. The first kappa shape index (κ1) is 9.25. The maximum absolute atomic E-state index is 11.3. The highest BCUT2D eigenvalue weighted by Crippen LogP contribution is 2.35. The lowest BCUT2D eigenvalue weighted by atomic mass is 9.78. The largest absolute Gasteiger partial charge is 0.348 e. The van der Waals surface area contributed by atoms with Gasteiger partial charge in [-0.2, -0.15) is 0 Å². The molecule has 0 aromatic heterocycles. The van der Waals surface area contributed by atoms with Crippen molar-refractivity contribution in [3.63, 3.8) is 0 Å². The van der Waals surface area contributed by atoms with Gasteiger partial charge in [0.05, 0.1) is 12.0 Å². The molecule has 2 unspecified atom stereocenters. The number of hydrogen-bond acceptors (Lipinski definition) is 1. The van der Waals surface area contributed by atoms with Gasteiger partial charge in [-0.3, -0.25) is 4.79 Å². The van der Waals surface area contributed by atoms with Crippen LogP contribution in [0.3, 0.4) is 0 Å². The summed E-state index contributed by atoms with van der Waals surface area (Å²) in [5.74, 6) is 0.750. The minimum Gasteiger partial charge on any atom is -0.348 e. The average molecular weight is 189 g/mol. The van der Waals surface area contributed by atoms with Crippen molar-refractivity contribution in [3.05, 3.63) is 35.9 Å². The topological polar surface area (TPSA) is 29.1 Å². The van der Waals surface area contributed by atoms with E-state index in [9.17, 15) is 4.79 Å². The Morgan fingerprint density at radius 3 is 2.36 bits per heavy atom. The Balaban J connectivity index is 2.18. The number of benzene rings is 1. The zero-order valence-electron chi connectivity index (χ0n) is 8.53. The zero-order chi connectivity index (χ0) is 10.1. The van der Waals surface area contributed by atoms with E-state index in [1.807, 2.05) is 18.2 Å². The minimum atomic E-state index is 0.150. The number of carbonyl (C=O) groups excluding carboxylic acids is 1. The van der Waals surface area contributed by atoms with E-state index in [1.54, 1.807) is 0 Å². The lowest BCUT2D eigenvalue weighted by Crippen LogP contribution is -2.53. The minimum absolute atomic E-state index is 0.150. The van der Waals surface area contributed by atoms with Crippen molar-refractivity contribution in [3.8, 4) is 0 Å². The molecule has 1 heterocycles. The van der Waals surface area contributed by atoms with Gasteiger partial charge in [-0.15, -0.1) is 0 Å². The summed E-state index contributed by atoms with van der Waals surface area (Å²) in [6, 6.07) is 10.4. The molecular formula is C12H15NO. The van der Waals surface area contributed by atoms with Crippen LogP contribution in [0.2, 0.25) is 0 Å². The summed E-state index contributed by atoms with van der Waals surface area (Å²) in [4.78, 5) is 11.3. The molecule has 2 heteroatoms. The van der Waals surface area contributed by atoms with E-state index in [1.165, 1.54) is 5.56 Å². The van der Waals surface area contributed by atoms with Gasteiger partial charge in [0.25, 0.3) is 0 Å². The van der Waals surface area contributed by atoms with Gasteiger partial charge < -0.3 is 5.32 Å². The molecule has 0 spiro atoms. The average Bonchev–Trinajstić information content (AvgIpc) is 2.14. The Bertz CT molecular complexity index is 331. The maximum atomic E-state index is 11.3. The maximum Gasteiger partial charge on any atom is 0.226 e. The van der Waals surface area contributed by atoms with Crippen molar-refractivity contribution < 1.29 is 4.79 Å². The SMILES string of the molecule is CC(C)C1C(=O)NC1c1ccccc1. The lowest BCUT2D eigenvalue weighted by Gasteiger charge is -2.39. The summed E-state index contributed by atoms with van der Waals surface area (Å²) in [6.45, 7) is 4.19. The number of β-lactam (4-membered cyclic amide) rings is 1. The fraction of sp³-hybridized carbons (Fsp3) is 0.417. The number of carbonyl (C=O) groups is 1. The van der Waals surface area contributed by atoms with Gasteiger partial charge in [0, 0.05) is 0 Å². The second-order valence-electron chi connectivity index (χ2n) is 4.17. The number of nitrogens with one attached hydrogen (secondary N) is 1. The van der Waals surface area contributed by atoms with Crippen LogP contribution in [0.1, 0.15) is 25.5 Å². The van der Waals surface area contributed by atoms with Crippen LogP contribution >= 0.6 is 0 Å². The van der Waals surface area contributed by atoms with E-state index in [0.717, 1.165) is 0 Å². The standard InChI is InChI=1S/C12H15NO/c1-8(2)10-11(13-12(10)14)9-6-4-3-5-7-9/h3-8,10-11H,1-2H3,(H,13,14). The first-order valence-corrected chi connectivity index (χ1v) is 5.05. The zero-order valence-corrected chi connectivity index (χ0v) is 8.53. The Hall–Kier alpha value is -1.31. The highest BCUT2D eigenvalue weighted by atomic mass is 16.2. The van der Waals surface area contributed by atoms with E-state index in [2.05, 4.69) is 31.3 Å². The van der Waals surface area contributed by atoms with E-state index in [0.29, 0.717) is 5.92 Å². The molecule has 1 aromatic carbocycles. The third kappa shape index (κ3) is 1.41. The summed E-state index contributed by atoms with van der Waals surface area (Å²) < 4.78 is 0. The Morgan fingerprint density at radius 2 is 1.86 bits per heavy atom. The van der Waals surface area contributed by atoms with Gasteiger partial charge >= 0.3 is 0 Å². The van der Waals surface area contributed by atoms with Gasteiger partial charge in [0.2, 0.25) is 5.91 Å². The van der Waals surface area contributed by atoms with Crippen molar-refractivity contribution in [2.45, 2.75) is 19.9 Å². The van der Waals surface area contributed by atoms with Crippen LogP contribution in [0.25, 0.3) is 0 Å². The van der Waals surface area contributed by atoms with Crippen molar-refractivity contribution >= 4 is 5.91 Å². The first-order chi connectivity index (χ1) is 6.70. The van der Waals surface area contributed by atoms with E-state index in [-0.39, 0.29) is 17.9 Å². The molecule has 2 rings (SSSR count). The first-order valence-electron chi connectivity index (χ1n) is 5.05. The molecule has 74 valence electrons. The van der Waals surface area contributed by atoms with Crippen LogP contribution in [-0.2, 0) is 4.79 Å². The lowest BCUT2D eigenvalue weighted by molar-refractivity contribution is -0.137. The summed E-state index contributed by atoms with van der Waals surface area (Å²) in [7, 11) is 0. The molecule has 2 atom stereocenters. The summed E-state index contributed by atoms with van der Waals surface area (Å²) in [5, 5.41) is 2.95. The van der Waals surface area contributed by atoms with Crippen molar-refractivity contribution in [2.24, 2.45) is 11.8 Å². The molecule has 1 aromatic rings. The normalized spacial score (nSPS) is 25.8. The van der Waals surface area contributed by atoms with Gasteiger partial charge in [0.15, 0.2) is 0 Å². The van der Waals surface area contributed by atoms with Gasteiger partial charge in [-0.1, -0.05) is 44.2 Å². The third-order valence-electron chi connectivity index (χ3n) is 2.84. The molecule has 0 radical (unpaired) electrons. The molecule has 0 aliphatic carbocycles. The molecular weight excluding hydrogens is 174 g/mol. The van der Waals surface area contributed by atoms with Gasteiger partial charge in [-0.05, 0) is 11.5 Å². The number of rotatable bonds is 2. The van der Waals surface area contributed by atoms with Gasteiger partial charge in [-0.25, -0.2) is 0 Å². The Labute approximate surface area is 84.3 Å². The Morgan fingerprint density at radius 1 is 1.21 bits per heavy atom. The molecule has 2 nitrogen and oxygen atoms in total. The molecule has 1 N–H and O–H groups in total. The fourth-order valence-electron chi connectivity index (χ4n) is 2.03. The molecule has 1 fully saturated rings. The van der Waals surface area contributed by atoms with Crippen LogP contribution in [0.4, 0.5) is 0 Å². The van der Waals surface area contributed by atoms with E-state index >= 15 is 0 Å². The third-order valence-corrected chi connectivity index (χ3v) is 2.84.